The third kappa shape index (κ3) is 6.24. The second kappa shape index (κ2) is 9.31. The Kier molecular flexibility index (Phi) is 7.05. The highest BCUT2D eigenvalue weighted by molar-refractivity contribution is 9.10. The van der Waals surface area contributed by atoms with Gasteiger partial charge < -0.3 is 9.47 Å². The molecule has 0 bridgehead atoms. The number of halogens is 1. The first-order valence-corrected chi connectivity index (χ1v) is 13.1. The number of rotatable bonds is 7. The third-order valence-corrected chi connectivity index (χ3v) is 6.79. The maximum atomic E-state index is 12.1. The lowest BCUT2D eigenvalue weighted by Gasteiger charge is -2.26. The van der Waals surface area contributed by atoms with Crippen molar-refractivity contribution in [1.29, 1.82) is 0 Å². The second-order valence-corrected chi connectivity index (χ2v) is 12.9. The summed E-state index contributed by atoms with van der Waals surface area (Å²) in [7, 11) is -3.24. The van der Waals surface area contributed by atoms with Gasteiger partial charge in [-0.1, -0.05) is 54.0 Å². The average molecular weight is 531 g/mol. The number of carbonyl (C=O) groups is 1. The number of hydrogen-bond donors (Lipinski definition) is 0. The summed E-state index contributed by atoms with van der Waals surface area (Å²) < 4.78 is 33.7. The van der Waals surface area contributed by atoms with E-state index in [2.05, 4.69) is 29.8 Å². The van der Waals surface area contributed by atoms with Gasteiger partial charge in [-0.2, -0.15) is 0 Å². The van der Waals surface area contributed by atoms with Crippen molar-refractivity contribution in [3.63, 3.8) is 0 Å². The predicted molar refractivity (Wildman–Crippen MR) is 133 cm³/mol. The van der Waals surface area contributed by atoms with Crippen LogP contribution < -0.4 is 9.47 Å². The minimum Gasteiger partial charge on any atom is -0.457 e. The lowest BCUT2D eigenvalue weighted by atomic mass is 9.78. The molecule has 0 amide bonds. The Morgan fingerprint density at radius 1 is 0.727 bits per heavy atom. The molecule has 0 radical (unpaired) electrons. The molecular weight excluding hydrogens is 504 g/mol. The van der Waals surface area contributed by atoms with E-state index in [1.54, 1.807) is 38.1 Å². The topological polar surface area (TPSA) is 69.7 Å². The van der Waals surface area contributed by atoms with Gasteiger partial charge in [0.25, 0.3) is 0 Å². The number of alkyl halides is 1. The molecule has 0 aliphatic rings. The highest BCUT2D eigenvalue weighted by atomic mass is 79.9. The van der Waals surface area contributed by atoms with Gasteiger partial charge in [-0.25, -0.2) is 8.42 Å². The van der Waals surface area contributed by atoms with Crippen molar-refractivity contribution in [3.05, 3.63) is 83.9 Å². The molecule has 3 rings (SSSR count). The van der Waals surface area contributed by atoms with Gasteiger partial charge in [-0.3, -0.25) is 4.79 Å². The SMILES string of the molecule is CC(C)(Br)C(=O)Oc1ccc(C(C)(C)c2ccc(Oc3ccc(S(C)(=O)=O)cc3)cc2)cc1. The summed E-state index contributed by atoms with van der Waals surface area (Å²) in [6.45, 7) is 7.72. The van der Waals surface area contributed by atoms with Crippen LogP contribution in [-0.4, -0.2) is 25.0 Å². The van der Waals surface area contributed by atoms with Crippen LogP contribution in [-0.2, 0) is 20.0 Å². The molecule has 0 spiro atoms. The van der Waals surface area contributed by atoms with Crippen molar-refractivity contribution in [2.24, 2.45) is 0 Å². The first kappa shape index (κ1) is 25.0. The van der Waals surface area contributed by atoms with Crippen LogP contribution in [0.1, 0.15) is 38.8 Å². The minimum absolute atomic E-state index is 0.253. The van der Waals surface area contributed by atoms with Crippen LogP contribution in [0.2, 0.25) is 0 Å². The van der Waals surface area contributed by atoms with Gasteiger partial charge in [-0.05, 0) is 73.5 Å². The Bertz CT molecular complexity index is 1220. The molecule has 3 aromatic carbocycles. The molecule has 3 aromatic rings. The summed E-state index contributed by atoms with van der Waals surface area (Å²) in [5, 5.41) is 0. The fourth-order valence-electron chi connectivity index (χ4n) is 3.17. The van der Waals surface area contributed by atoms with Crippen molar-refractivity contribution >= 4 is 31.7 Å². The standard InChI is InChI=1S/C26H27BrO5S/c1-25(2,19-8-12-22(13-9-19)32-24(28)26(3,4)27)18-6-10-20(11-7-18)31-21-14-16-23(17-15-21)33(5,29)30/h6-17H,1-5H3. The van der Waals surface area contributed by atoms with E-state index >= 15 is 0 Å². The molecule has 0 aliphatic carbocycles. The average Bonchev–Trinajstić information content (AvgIpc) is 2.73. The van der Waals surface area contributed by atoms with E-state index in [4.69, 9.17) is 9.47 Å². The summed E-state index contributed by atoms with van der Waals surface area (Å²) in [4.78, 5) is 12.3. The van der Waals surface area contributed by atoms with E-state index in [1.165, 1.54) is 18.4 Å². The van der Waals surface area contributed by atoms with Gasteiger partial charge in [-0.15, -0.1) is 0 Å². The zero-order valence-corrected chi connectivity index (χ0v) is 21.7. The molecular formula is C26H27BrO5S. The van der Waals surface area contributed by atoms with Gasteiger partial charge in [0.1, 0.15) is 21.6 Å². The first-order valence-electron chi connectivity index (χ1n) is 10.4. The first-order chi connectivity index (χ1) is 15.3. The zero-order valence-electron chi connectivity index (χ0n) is 19.3. The molecule has 0 aromatic heterocycles. The second-order valence-electron chi connectivity index (χ2n) is 8.88. The maximum absolute atomic E-state index is 12.1. The third-order valence-electron chi connectivity index (χ3n) is 5.34. The lowest BCUT2D eigenvalue weighted by molar-refractivity contribution is -0.136. The Balaban J connectivity index is 1.72. The quantitative estimate of drug-likeness (QED) is 0.204. The normalized spacial score (nSPS) is 12.3. The number of benzene rings is 3. The Labute approximate surface area is 203 Å². The van der Waals surface area contributed by atoms with Crippen molar-refractivity contribution in [2.45, 2.75) is 42.3 Å². The molecule has 174 valence electrons. The molecule has 0 heterocycles. The molecule has 5 nitrogen and oxygen atoms in total. The van der Waals surface area contributed by atoms with Crippen LogP contribution in [0.5, 0.6) is 17.2 Å². The largest absolute Gasteiger partial charge is 0.457 e. The highest BCUT2D eigenvalue weighted by Gasteiger charge is 2.27. The number of hydrogen-bond acceptors (Lipinski definition) is 5. The number of ether oxygens (including phenoxy) is 2. The molecule has 0 fully saturated rings. The van der Waals surface area contributed by atoms with Gasteiger partial charge in [0.05, 0.1) is 4.90 Å². The minimum atomic E-state index is -3.24. The van der Waals surface area contributed by atoms with Crippen molar-refractivity contribution < 1.29 is 22.7 Å². The Hall–Kier alpha value is -2.64. The van der Waals surface area contributed by atoms with E-state index in [1.807, 2.05) is 36.4 Å². The fraction of sp³-hybridized carbons (Fsp3) is 0.269. The van der Waals surface area contributed by atoms with Gasteiger partial charge in [0, 0.05) is 11.7 Å². The lowest BCUT2D eigenvalue weighted by Crippen LogP contribution is -2.29. The summed E-state index contributed by atoms with van der Waals surface area (Å²) in [5.74, 6) is 1.36. The van der Waals surface area contributed by atoms with Gasteiger partial charge >= 0.3 is 5.97 Å². The molecule has 0 aliphatic heterocycles. The predicted octanol–water partition coefficient (Wildman–Crippen LogP) is 6.29. The number of carbonyl (C=O) groups excluding carboxylic acids is 1. The Morgan fingerprint density at radius 3 is 1.52 bits per heavy atom. The zero-order chi connectivity index (χ0) is 24.4. The van der Waals surface area contributed by atoms with E-state index < -0.39 is 14.2 Å². The van der Waals surface area contributed by atoms with E-state index in [-0.39, 0.29) is 16.3 Å². The smallest absolute Gasteiger partial charge is 0.327 e. The highest BCUT2D eigenvalue weighted by Crippen LogP contribution is 2.34. The van der Waals surface area contributed by atoms with Crippen LogP contribution in [0.25, 0.3) is 0 Å². The molecule has 7 heteroatoms. The summed E-state index contributed by atoms with van der Waals surface area (Å²) in [6.07, 6.45) is 1.17. The van der Waals surface area contributed by atoms with Gasteiger partial charge in [0.15, 0.2) is 9.84 Å². The molecule has 0 N–H and O–H groups in total. The monoisotopic (exact) mass is 530 g/mol. The number of esters is 1. The van der Waals surface area contributed by atoms with Crippen molar-refractivity contribution in [2.75, 3.05) is 6.26 Å². The van der Waals surface area contributed by atoms with E-state index in [9.17, 15) is 13.2 Å². The molecule has 0 atom stereocenters. The summed E-state index contributed by atoms with van der Waals surface area (Å²) >= 11 is 3.31. The maximum Gasteiger partial charge on any atom is 0.327 e. The van der Waals surface area contributed by atoms with Gasteiger partial charge in [0.2, 0.25) is 0 Å². The summed E-state index contributed by atoms with van der Waals surface area (Å²) in [6, 6.07) is 21.6. The van der Waals surface area contributed by atoms with Crippen LogP contribution >= 0.6 is 15.9 Å². The van der Waals surface area contributed by atoms with E-state index in [0.717, 1.165) is 11.1 Å². The van der Waals surface area contributed by atoms with E-state index in [0.29, 0.717) is 17.2 Å². The molecule has 0 unspecified atom stereocenters. The molecule has 0 saturated heterocycles. The Morgan fingerprint density at radius 2 is 1.12 bits per heavy atom. The van der Waals surface area contributed by atoms with Crippen LogP contribution in [0.3, 0.4) is 0 Å². The fourth-order valence-corrected chi connectivity index (χ4v) is 3.88. The molecule has 33 heavy (non-hydrogen) atoms. The van der Waals surface area contributed by atoms with Crippen LogP contribution in [0, 0.1) is 0 Å². The van der Waals surface area contributed by atoms with Crippen LogP contribution in [0.4, 0.5) is 0 Å². The van der Waals surface area contributed by atoms with Crippen molar-refractivity contribution in [1.82, 2.24) is 0 Å². The number of sulfone groups is 1. The summed E-state index contributed by atoms with van der Waals surface area (Å²) in [5.41, 5.74) is 1.88. The van der Waals surface area contributed by atoms with Crippen LogP contribution in [0.15, 0.2) is 77.7 Å². The molecule has 0 saturated carbocycles. The van der Waals surface area contributed by atoms with Crippen molar-refractivity contribution in [3.8, 4) is 17.2 Å².